The van der Waals surface area contributed by atoms with Gasteiger partial charge < -0.3 is 10.4 Å². The third-order valence-corrected chi connectivity index (χ3v) is 3.28. The summed E-state index contributed by atoms with van der Waals surface area (Å²) < 4.78 is 0. The van der Waals surface area contributed by atoms with Crippen molar-refractivity contribution in [1.82, 2.24) is 5.32 Å². The van der Waals surface area contributed by atoms with Crippen molar-refractivity contribution in [2.45, 2.75) is 11.3 Å². The lowest BCUT2D eigenvalue weighted by atomic mass is 10.1. The highest BCUT2D eigenvalue weighted by Gasteiger charge is 2.69. The first-order valence-electron chi connectivity index (χ1n) is 3.23. The standard InChI is InChI=1S/C6H10ClNO/c7-6-1-5(6,4-9)2-8-3-6/h8-9H,1-4H2. The number of rotatable bonds is 1. The van der Waals surface area contributed by atoms with Crippen LogP contribution in [-0.2, 0) is 0 Å². The van der Waals surface area contributed by atoms with Crippen LogP contribution in [0.1, 0.15) is 6.42 Å². The van der Waals surface area contributed by atoms with Crippen LogP contribution in [0.5, 0.6) is 0 Å². The van der Waals surface area contributed by atoms with Gasteiger partial charge in [0.05, 0.1) is 11.5 Å². The van der Waals surface area contributed by atoms with Gasteiger partial charge in [-0.1, -0.05) is 0 Å². The van der Waals surface area contributed by atoms with Gasteiger partial charge in [0.1, 0.15) is 0 Å². The van der Waals surface area contributed by atoms with E-state index in [0.717, 1.165) is 19.5 Å². The van der Waals surface area contributed by atoms with E-state index in [0.29, 0.717) is 0 Å². The summed E-state index contributed by atoms with van der Waals surface area (Å²) in [5.41, 5.74) is 0.0502. The van der Waals surface area contributed by atoms with E-state index in [-0.39, 0.29) is 16.9 Å². The van der Waals surface area contributed by atoms with E-state index in [4.69, 9.17) is 16.7 Å². The molecule has 1 aliphatic heterocycles. The molecule has 1 heterocycles. The molecular weight excluding hydrogens is 138 g/mol. The number of aliphatic hydroxyl groups is 1. The van der Waals surface area contributed by atoms with Crippen molar-refractivity contribution in [3.8, 4) is 0 Å². The van der Waals surface area contributed by atoms with Crippen molar-refractivity contribution < 1.29 is 5.11 Å². The highest BCUT2D eigenvalue weighted by atomic mass is 35.5. The summed E-state index contributed by atoms with van der Waals surface area (Å²) in [5, 5.41) is 12.1. The molecule has 0 radical (unpaired) electrons. The molecule has 3 heteroatoms. The van der Waals surface area contributed by atoms with E-state index >= 15 is 0 Å². The summed E-state index contributed by atoms with van der Waals surface area (Å²) in [5.74, 6) is 0. The fourth-order valence-electron chi connectivity index (χ4n) is 1.72. The van der Waals surface area contributed by atoms with Gasteiger partial charge in [-0.2, -0.15) is 0 Å². The van der Waals surface area contributed by atoms with Crippen LogP contribution in [-0.4, -0.2) is 29.7 Å². The number of hydrogen-bond acceptors (Lipinski definition) is 2. The summed E-state index contributed by atoms with van der Waals surface area (Å²) in [4.78, 5) is -0.0816. The lowest BCUT2D eigenvalue weighted by Crippen LogP contribution is -2.18. The Labute approximate surface area is 59.2 Å². The first-order valence-corrected chi connectivity index (χ1v) is 3.61. The Bertz CT molecular complexity index is 148. The SMILES string of the molecule is OCC12CNCC1(Cl)C2. The Morgan fingerprint density at radius 1 is 1.56 bits per heavy atom. The summed E-state index contributed by atoms with van der Waals surface area (Å²) in [7, 11) is 0. The highest BCUT2D eigenvalue weighted by molar-refractivity contribution is 6.27. The molecule has 1 saturated heterocycles. The molecule has 2 nitrogen and oxygen atoms in total. The topological polar surface area (TPSA) is 32.3 Å². The van der Waals surface area contributed by atoms with Crippen molar-refractivity contribution in [2.75, 3.05) is 19.7 Å². The molecule has 2 N–H and O–H groups in total. The van der Waals surface area contributed by atoms with Gasteiger partial charge in [-0.15, -0.1) is 11.6 Å². The number of fused-ring (bicyclic) bond motifs is 1. The van der Waals surface area contributed by atoms with Crippen molar-refractivity contribution in [3.05, 3.63) is 0 Å². The minimum absolute atomic E-state index is 0.0502. The van der Waals surface area contributed by atoms with Gasteiger partial charge in [-0.25, -0.2) is 0 Å². The van der Waals surface area contributed by atoms with Gasteiger partial charge in [0, 0.05) is 18.5 Å². The summed E-state index contributed by atoms with van der Waals surface area (Å²) in [6.45, 7) is 2.01. The molecule has 0 bridgehead atoms. The Morgan fingerprint density at radius 3 is 2.56 bits per heavy atom. The number of nitrogens with one attached hydrogen (secondary N) is 1. The summed E-state index contributed by atoms with van der Waals surface area (Å²) >= 11 is 6.08. The van der Waals surface area contributed by atoms with E-state index in [9.17, 15) is 0 Å². The minimum Gasteiger partial charge on any atom is -0.396 e. The molecule has 52 valence electrons. The van der Waals surface area contributed by atoms with E-state index in [2.05, 4.69) is 5.32 Å². The second kappa shape index (κ2) is 1.44. The monoisotopic (exact) mass is 147 g/mol. The average Bonchev–Trinajstić information content (AvgIpc) is 2.29. The minimum atomic E-state index is -0.0816. The molecule has 1 aliphatic carbocycles. The van der Waals surface area contributed by atoms with Crippen molar-refractivity contribution >= 4 is 11.6 Å². The molecule has 0 amide bonds. The Hall–Kier alpha value is 0.210. The van der Waals surface area contributed by atoms with Gasteiger partial charge in [0.2, 0.25) is 0 Å². The van der Waals surface area contributed by atoms with Gasteiger partial charge >= 0.3 is 0 Å². The molecule has 2 unspecified atom stereocenters. The molecule has 2 aliphatic rings. The highest BCUT2D eigenvalue weighted by Crippen LogP contribution is 2.62. The van der Waals surface area contributed by atoms with Crippen LogP contribution in [0.4, 0.5) is 0 Å². The van der Waals surface area contributed by atoms with Gasteiger partial charge in [-0.3, -0.25) is 0 Å². The van der Waals surface area contributed by atoms with Crippen LogP contribution in [0, 0.1) is 5.41 Å². The molecule has 1 saturated carbocycles. The van der Waals surface area contributed by atoms with Crippen molar-refractivity contribution in [1.29, 1.82) is 0 Å². The number of piperidine rings is 1. The fourth-order valence-corrected chi connectivity index (χ4v) is 2.19. The lowest BCUT2D eigenvalue weighted by molar-refractivity contribution is 0.216. The van der Waals surface area contributed by atoms with E-state index in [1.54, 1.807) is 0 Å². The number of aliphatic hydroxyl groups excluding tert-OH is 1. The number of alkyl halides is 1. The second-order valence-electron chi connectivity index (χ2n) is 3.18. The van der Waals surface area contributed by atoms with Crippen molar-refractivity contribution in [2.24, 2.45) is 5.41 Å². The van der Waals surface area contributed by atoms with Crippen LogP contribution in [0.25, 0.3) is 0 Å². The second-order valence-corrected chi connectivity index (χ2v) is 3.91. The van der Waals surface area contributed by atoms with Gasteiger partial charge in [0.15, 0.2) is 0 Å². The molecule has 0 aromatic heterocycles. The zero-order valence-corrected chi connectivity index (χ0v) is 5.91. The van der Waals surface area contributed by atoms with Gasteiger partial charge in [-0.05, 0) is 6.42 Å². The molecule has 2 atom stereocenters. The fraction of sp³-hybridized carbons (Fsp3) is 1.00. The van der Waals surface area contributed by atoms with E-state index < -0.39 is 0 Å². The predicted octanol–water partition coefficient (Wildman–Crippen LogP) is -0.0504. The van der Waals surface area contributed by atoms with Crippen LogP contribution in [0.3, 0.4) is 0 Å². The third-order valence-electron chi connectivity index (χ3n) is 2.62. The quantitative estimate of drug-likeness (QED) is 0.510. The smallest absolute Gasteiger partial charge is 0.0668 e. The average molecular weight is 148 g/mol. The Balaban J connectivity index is 2.19. The summed E-state index contributed by atoms with van der Waals surface area (Å²) in [6.07, 6.45) is 0.991. The molecule has 0 aromatic carbocycles. The normalized spacial score (nSPS) is 55.3. The molecule has 2 fully saturated rings. The van der Waals surface area contributed by atoms with Gasteiger partial charge in [0.25, 0.3) is 0 Å². The molecular formula is C6H10ClNO. The number of halogens is 1. The van der Waals surface area contributed by atoms with Crippen LogP contribution in [0.15, 0.2) is 0 Å². The number of hydrogen-bond donors (Lipinski definition) is 2. The van der Waals surface area contributed by atoms with Crippen LogP contribution < -0.4 is 5.32 Å². The summed E-state index contributed by atoms with van der Waals surface area (Å²) in [6, 6.07) is 0. The predicted molar refractivity (Wildman–Crippen MR) is 35.6 cm³/mol. The zero-order valence-electron chi connectivity index (χ0n) is 5.15. The first kappa shape index (κ1) is 5.96. The molecule has 2 rings (SSSR count). The maximum absolute atomic E-state index is 8.91. The molecule has 0 aromatic rings. The van der Waals surface area contributed by atoms with E-state index in [1.807, 2.05) is 0 Å². The largest absolute Gasteiger partial charge is 0.396 e. The maximum Gasteiger partial charge on any atom is 0.0668 e. The Kier molecular flexibility index (Phi) is 0.953. The first-order chi connectivity index (χ1) is 4.22. The zero-order chi connectivity index (χ0) is 6.54. The van der Waals surface area contributed by atoms with Crippen LogP contribution >= 0.6 is 11.6 Å². The van der Waals surface area contributed by atoms with Crippen LogP contribution in [0.2, 0.25) is 0 Å². The third kappa shape index (κ3) is 0.540. The molecule has 9 heavy (non-hydrogen) atoms. The Morgan fingerprint density at radius 2 is 2.33 bits per heavy atom. The lowest BCUT2D eigenvalue weighted by Gasteiger charge is -2.05. The molecule has 0 spiro atoms. The van der Waals surface area contributed by atoms with E-state index in [1.165, 1.54) is 0 Å². The maximum atomic E-state index is 8.91. The van der Waals surface area contributed by atoms with Crippen molar-refractivity contribution in [3.63, 3.8) is 0 Å².